The first kappa shape index (κ1) is 23.3. The Balaban J connectivity index is 2.27. The second-order valence-electron chi connectivity index (χ2n) is 6.27. The Morgan fingerprint density at radius 3 is 2.66 bits per heavy atom. The molecule has 0 unspecified atom stereocenters. The van der Waals surface area contributed by atoms with Crippen LogP contribution in [0.1, 0.15) is 38.3 Å². The Kier molecular flexibility index (Phi) is 7.08. The number of carbonyl (C=O) groups excluding carboxylic acids is 1. The number of ether oxygens (including phenoxy) is 1. The van der Waals surface area contributed by atoms with Gasteiger partial charge in [0.25, 0.3) is 5.09 Å². The predicted molar refractivity (Wildman–Crippen MR) is 101 cm³/mol. The van der Waals surface area contributed by atoms with Gasteiger partial charge in [0.05, 0.1) is 24.5 Å². The SMILES string of the molecule is CCN(C(=O)OCCCO[N+](=O)[O-])[C@H]1C[C@H](C)S(=O)(=O)c2sc(S(N)(=O)=O)cc21. The van der Waals surface area contributed by atoms with Gasteiger partial charge in [-0.25, -0.2) is 26.8 Å². The van der Waals surface area contributed by atoms with E-state index in [0.29, 0.717) is 11.3 Å². The lowest BCUT2D eigenvalue weighted by molar-refractivity contribution is -0.757. The van der Waals surface area contributed by atoms with E-state index in [1.807, 2.05) is 0 Å². The maximum Gasteiger partial charge on any atom is 0.410 e. The number of fused-ring (bicyclic) bond motifs is 1. The zero-order valence-corrected chi connectivity index (χ0v) is 18.1. The molecule has 1 amide bonds. The standard InChI is InChI=1S/C14H21N3O9S3/c1-3-16(14(18)25-5-4-6-26-17(19)20)11-7-9(2)28(21,22)13-10(11)8-12(27-13)29(15,23)24/h8-9,11H,3-7H2,1-2H3,(H2,15,23,24)/t9-,11-/m0/s1. The molecule has 2 heterocycles. The van der Waals surface area contributed by atoms with Crippen LogP contribution in [-0.2, 0) is 29.4 Å². The van der Waals surface area contributed by atoms with E-state index in [0.717, 1.165) is 0 Å². The lowest BCUT2D eigenvalue weighted by Crippen LogP contribution is -2.40. The van der Waals surface area contributed by atoms with Gasteiger partial charge in [0, 0.05) is 18.5 Å². The summed E-state index contributed by atoms with van der Waals surface area (Å²) >= 11 is 0.563. The average Bonchev–Trinajstić information content (AvgIpc) is 3.06. The fourth-order valence-corrected chi connectivity index (χ4v) is 7.32. The number of hydrogen-bond donors (Lipinski definition) is 1. The third kappa shape index (κ3) is 5.15. The molecular formula is C14H21N3O9S3. The summed E-state index contributed by atoms with van der Waals surface area (Å²) in [5.74, 6) is 0. The molecule has 2 rings (SSSR count). The van der Waals surface area contributed by atoms with Crippen molar-refractivity contribution in [2.45, 2.75) is 46.4 Å². The molecule has 164 valence electrons. The highest BCUT2D eigenvalue weighted by Gasteiger charge is 2.42. The Bertz CT molecular complexity index is 987. The highest BCUT2D eigenvalue weighted by Crippen LogP contribution is 2.45. The van der Waals surface area contributed by atoms with E-state index in [9.17, 15) is 31.7 Å². The van der Waals surface area contributed by atoms with Crippen LogP contribution in [0.25, 0.3) is 0 Å². The molecule has 12 nitrogen and oxygen atoms in total. The van der Waals surface area contributed by atoms with Crippen molar-refractivity contribution >= 4 is 37.3 Å². The van der Waals surface area contributed by atoms with E-state index < -0.39 is 42.3 Å². The van der Waals surface area contributed by atoms with Gasteiger partial charge in [0.1, 0.15) is 8.42 Å². The minimum absolute atomic E-state index is 0.0590. The first-order chi connectivity index (χ1) is 13.4. The summed E-state index contributed by atoms with van der Waals surface area (Å²) in [5, 5.41) is 13.4. The molecule has 2 atom stereocenters. The minimum atomic E-state index is -4.12. The lowest BCUT2D eigenvalue weighted by atomic mass is 10.0. The number of nitrogens with zero attached hydrogens (tertiary/aromatic N) is 2. The van der Waals surface area contributed by atoms with Crippen molar-refractivity contribution in [2.75, 3.05) is 19.8 Å². The molecule has 2 N–H and O–H groups in total. The number of thiophene rings is 1. The van der Waals surface area contributed by atoms with Gasteiger partial charge in [0.15, 0.2) is 9.84 Å². The number of sulfone groups is 1. The van der Waals surface area contributed by atoms with E-state index in [-0.39, 0.29) is 46.6 Å². The third-order valence-electron chi connectivity index (χ3n) is 4.35. The van der Waals surface area contributed by atoms with Gasteiger partial charge in [-0.15, -0.1) is 21.5 Å². The number of hydrogen-bond acceptors (Lipinski definition) is 10. The number of rotatable bonds is 8. The highest BCUT2D eigenvalue weighted by molar-refractivity contribution is 7.95. The van der Waals surface area contributed by atoms with Crippen molar-refractivity contribution < 1.29 is 36.3 Å². The summed E-state index contributed by atoms with van der Waals surface area (Å²) in [6, 6.07) is 0.465. The molecule has 0 saturated carbocycles. The molecule has 1 aromatic rings. The van der Waals surface area contributed by atoms with Crippen molar-refractivity contribution in [2.24, 2.45) is 5.14 Å². The highest BCUT2D eigenvalue weighted by atomic mass is 32.3. The molecule has 0 saturated heterocycles. The molecular weight excluding hydrogens is 450 g/mol. The Morgan fingerprint density at radius 1 is 1.45 bits per heavy atom. The lowest BCUT2D eigenvalue weighted by Gasteiger charge is -2.35. The molecule has 15 heteroatoms. The largest absolute Gasteiger partial charge is 0.449 e. The van der Waals surface area contributed by atoms with Crippen LogP contribution in [0.2, 0.25) is 0 Å². The smallest absolute Gasteiger partial charge is 0.410 e. The van der Waals surface area contributed by atoms with E-state index >= 15 is 0 Å². The molecule has 0 spiro atoms. The molecule has 1 aliphatic heterocycles. The summed E-state index contributed by atoms with van der Waals surface area (Å²) in [7, 11) is -7.87. The van der Waals surface area contributed by atoms with Gasteiger partial charge in [-0.1, -0.05) is 0 Å². The van der Waals surface area contributed by atoms with Crippen LogP contribution in [0.5, 0.6) is 0 Å². The number of carbonyl (C=O) groups is 1. The second-order valence-corrected chi connectivity index (χ2v) is 11.7. The molecule has 1 aromatic heterocycles. The summed E-state index contributed by atoms with van der Waals surface area (Å²) in [6.07, 6.45) is -0.595. The van der Waals surface area contributed by atoms with Crippen molar-refractivity contribution in [1.82, 2.24) is 4.90 Å². The van der Waals surface area contributed by atoms with E-state index in [1.54, 1.807) is 6.92 Å². The monoisotopic (exact) mass is 471 g/mol. The van der Waals surface area contributed by atoms with Crippen LogP contribution in [0.3, 0.4) is 0 Å². The normalized spacial score (nSPS) is 20.5. The van der Waals surface area contributed by atoms with Gasteiger partial charge >= 0.3 is 6.09 Å². The van der Waals surface area contributed by atoms with Crippen LogP contribution < -0.4 is 5.14 Å². The average molecular weight is 472 g/mol. The van der Waals surface area contributed by atoms with E-state index in [4.69, 9.17) is 9.88 Å². The van der Waals surface area contributed by atoms with Crippen molar-refractivity contribution in [1.29, 1.82) is 0 Å². The third-order valence-corrected chi connectivity index (χ3v) is 9.66. The predicted octanol–water partition coefficient (Wildman–Crippen LogP) is 1.06. The fourth-order valence-electron chi connectivity index (χ4n) is 2.92. The summed E-state index contributed by atoms with van der Waals surface area (Å²) in [5.41, 5.74) is 0.188. The molecule has 0 bridgehead atoms. The van der Waals surface area contributed by atoms with Gasteiger partial charge in [-0.3, -0.25) is 0 Å². The molecule has 1 aliphatic rings. The zero-order valence-electron chi connectivity index (χ0n) is 15.6. The number of nitrogens with two attached hydrogens (primary N) is 1. The van der Waals surface area contributed by atoms with E-state index in [1.165, 1.54) is 17.9 Å². The number of primary sulfonamides is 1. The van der Waals surface area contributed by atoms with Crippen molar-refractivity contribution in [3.63, 3.8) is 0 Å². The van der Waals surface area contributed by atoms with Crippen LogP contribution in [-0.4, -0.2) is 57.9 Å². The maximum atomic E-state index is 12.6. The first-order valence-corrected chi connectivity index (χ1v) is 12.4. The van der Waals surface area contributed by atoms with Crippen LogP contribution in [0, 0.1) is 10.1 Å². The van der Waals surface area contributed by atoms with Crippen LogP contribution >= 0.6 is 11.3 Å². The summed E-state index contributed by atoms with van der Waals surface area (Å²) < 4.78 is 53.4. The molecule has 0 aliphatic carbocycles. The molecule has 29 heavy (non-hydrogen) atoms. The first-order valence-electron chi connectivity index (χ1n) is 8.50. The van der Waals surface area contributed by atoms with Gasteiger partial charge < -0.3 is 14.5 Å². The fraction of sp³-hybridized carbons (Fsp3) is 0.643. The van der Waals surface area contributed by atoms with Crippen LogP contribution in [0.4, 0.5) is 4.79 Å². The summed E-state index contributed by atoms with van der Waals surface area (Å²) in [6.45, 7) is 2.94. The summed E-state index contributed by atoms with van der Waals surface area (Å²) in [4.78, 5) is 28.0. The van der Waals surface area contributed by atoms with Crippen LogP contribution in [0.15, 0.2) is 14.5 Å². The Hall–Kier alpha value is -1.97. The Morgan fingerprint density at radius 2 is 2.10 bits per heavy atom. The van der Waals surface area contributed by atoms with E-state index in [2.05, 4.69) is 4.84 Å². The maximum absolute atomic E-state index is 12.6. The Labute approximate surface area is 171 Å². The number of sulfonamides is 1. The molecule has 0 aromatic carbocycles. The minimum Gasteiger partial charge on any atom is -0.449 e. The topological polar surface area (TPSA) is 176 Å². The second kappa shape index (κ2) is 8.81. The molecule has 0 fully saturated rings. The van der Waals surface area contributed by atoms with Crippen molar-refractivity contribution in [3.8, 4) is 0 Å². The zero-order chi connectivity index (χ0) is 22.0. The van der Waals surface area contributed by atoms with Crippen molar-refractivity contribution in [3.05, 3.63) is 21.7 Å². The van der Waals surface area contributed by atoms with Gasteiger partial charge in [-0.05, 0) is 26.3 Å². The number of amides is 1. The van der Waals surface area contributed by atoms with Gasteiger partial charge in [0.2, 0.25) is 10.0 Å². The molecule has 0 radical (unpaired) electrons. The quantitative estimate of drug-likeness (QED) is 0.330. The van der Waals surface area contributed by atoms with Gasteiger partial charge in [-0.2, -0.15) is 0 Å².